The number of nitroso groups, excluding NO2 is 2. The molecule has 2 rings (SSSR count). The van der Waals surface area contributed by atoms with Crippen LogP contribution in [0.5, 0.6) is 0 Å². The Morgan fingerprint density at radius 1 is 0.778 bits per heavy atom. The molecule has 0 saturated carbocycles. The van der Waals surface area contributed by atoms with Gasteiger partial charge in [-0.3, -0.25) is 4.79 Å². The van der Waals surface area contributed by atoms with Crippen LogP contribution in [0.2, 0.25) is 0 Å². The van der Waals surface area contributed by atoms with Gasteiger partial charge < -0.3 is 0 Å². The summed E-state index contributed by atoms with van der Waals surface area (Å²) in [5.41, 5.74) is 1.06. The van der Waals surface area contributed by atoms with Gasteiger partial charge in [0, 0.05) is 11.1 Å². The Morgan fingerprint density at radius 3 is 1.61 bits per heavy atom. The molecule has 0 N–H and O–H groups in total. The highest BCUT2D eigenvalue weighted by molar-refractivity contribution is 6.09. The van der Waals surface area contributed by atoms with Crippen LogP contribution >= 0.6 is 0 Å². The maximum atomic E-state index is 12.1. The van der Waals surface area contributed by atoms with E-state index in [1.165, 1.54) is 24.3 Å². The Labute approximate surface area is 102 Å². The van der Waals surface area contributed by atoms with Gasteiger partial charge >= 0.3 is 0 Å². The third-order valence-electron chi connectivity index (χ3n) is 2.43. The molecule has 2 aromatic rings. The second kappa shape index (κ2) is 5.09. The maximum absolute atomic E-state index is 12.1. The average molecular weight is 240 g/mol. The maximum Gasteiger partial charge on any atom is 0.193 e. The first kappa shape index (κ1) is 11.8. The van der Waals surface area contributed by atoms with Crippen LogP contribution in [0.3, 0.4) is 0 Å². The monoisotopic (exact) mass is 240 g/mol. The fourth-order valence-corrected chi connectivity index (χ4v) is 1.57. The van der Waals surface area contributed by atoms with Gasteiger partial charge in [-0.05, 0) is 34.6 Å². The van der Waals surface area contributed by atoms with Gasteiger partial charge in [0.1, 0.15) is 11.4 Å². The third kappa shape index (κ3) is 2.35. The van der Waals surface area contributed by atoms with Gasteiger partial charge in [-0.15, -0.1) is 9.81 Å². The van der Waals surface area contributed by atoms with Crippen molar-refractivity contribution in [3.63, 3.8) is 0 Å². The van der Waals surface area contributed by atoms with Gasteiger partial charge in [0.2, 0.25) is 0 Å². The zero-order valence-electron chi connectivity index (χ0n) is 9.24. The van der Waals surface area contributed by atoms with E-state index in [0.29, 0.717) is 11.1 Å². The summed E-state index contributed by atoms with van der Waals surface area (Å²) in [5, 5.41) is 5.54. The smallest absolute Gasteiger partial charge is 0.193 e. The summed E-state index contributed by atoms with van der Waals surface area (Å²) in [6.07, 6.45) is 0. The van der Waals surface area contributed by atoms with E-state index in [1.54, 1.807) is 24.3 Å². The molecule has 0 fully saturated rings. The van der Waals surface area contributed by atoms with Gasteiger partial charge in [0.25, 0.3) is 0 Å². The Balaban J connectivity index is 2.40. The fourth-order valence-electron chi connectivity index (χ4n) is 1.57. The molecule has 88 valence electrons. The fraction of sp³-hybridized carbons (Fsp3) is 0. The van der Waals surface area contributed by atoms with Crippen LogP contribution in [0.1, 0.15) is 15.9 Å². The first-order chi connectivity index (χ1) is 8.74. The molecule has 0 aliphatic rings. The number of nitrogens with zero attached hydrogens (tertiary/aromatic N) is 2. The van der Waals surface area contributed by atoms with E-state index in [1.807, 2.05) is 0 Å². The first-order valence-electron chi connectivity index (χ1n) is 5.16. The number of hydrogen-bond donors (Lipinski definition) is 0. The average Bonchev–Trinajstić information content (AvgIpc) is 2.46. The molecule has 0 saturated heterocycles. The number of rotatable bonds is 4. The lowest BCUT2D eigenvalue weighted by molar-refractivity contribution is 0.103. The summed E-state index contributed by atoms with van der Waals surface area (Å²) in [6, 6.07) is 12.1. The van der Waals surface area contributed by atoms with Gasteiger partial charge in [-0.25, -0.2) is 0 Å². The van der Waals surface area contributed by atoms with Gasteiger partial charge in [-0.2, -0.15) is 0 Å². The van der Waals surface area contributed by atoms with E-state index < -0.39 is 0 Å². The molecule has 0 spiro atoms. The van der Waals surface area contributed by atoms with Crippen LogP contribution in [0, 0.1) is 9.81 Å². The Morgan fingerprint density at radius 2 is 1.22 bits per heavy atom. The molecule has 0 aromatic heterocycles. The predicted molar refractivity (Wildman–Crippen MR) is 67.2 cm³/mol. The molecule has 0 heterocycles. The van der Waals surface area contributed by atoms with E-state index >= 15 is 0 Å². The van der Waals surface area contributed by atoms with Crippen molar-refractivity contribution in [1.29, 1.82) is 0 Å². The zero-order chi connectivity index (χ0) is 13.0. The highest BCUT2D eigenvalue weighted by atomic mass is 16.3. The lowest BCUT2D eigenvalue weighted by atomic mass is 10.0. The second-order valence-electron chi connectivity index (χ2n) is 3.61. The molecule has 0 aliphatic carbocycles. The number of ketones is 1. The predicted octanol–water partition coefficient (Wildman–Crippen LogP) is 3.71. The van der Waals surface area contributed by atoms with Crippen molar-refractivity contribution >= 4 is 17.2 Å². The molecule has 18 heavy (non-hydrogen) atoms. The Kier molecular flexibility index (Phi) is 3.33. The van der Waals surface area contributed by atoms with Crippen LogP contribution in [-0.2, 0) is 0 Å². The largest absolute Gasteiger partial charge is 0.289 e. The summed E-state index contributed by atoms with van der Waals surface area (Å²) in [5.74, 6) is -0.286. The molecule has 0 bridgehead atoms. The van der Waals surface area contributed by atoms with E-state index in [9.17, 15) is 14.6 Å². The third-order valence-corrected chi connectivity index (χ3v) is 2.43. The van der Waals surface area contributed by atoms with Crippen molar-refractivity contribution in [3.05, 3.63) is 69.5 Å². The molecular formula is C13H8N2O3. The molecular weight excluding hydrogens is 232 g/mol. The minimum Gasteiger partial charge on any atom is -0.289 e. The summed E-state index contributed by atoms with van der Waals surface area (Å²) in [4.78, 5) is 32.9. The van der Waals surface area contributed by atoms with Crippen molar-refractivity contribution in [2.45, 2.75) is 0 Å². The van der Waals surface area contributed by atoms with Gasteiger partial charge in [-0.1, -0.05) is 24.3 Å². The van der Waals surface area contributed by atoms with Gasteiger partial charge in [0.05, 0.1) is 0 Å². The lowest BCUT2D eigenvalue weighted by Crippen LogP contribution is -2.00. The standard InChI is InChI=1S/C13H8N2O3/c16-13(9-3-1-5-11(7-9)14-17)10-4-2-6-12(8-10)15-18/h1-8H. The van der Waals surface area contributed by atoms with Crippen LogP contribution in [0.4, 0.5) is 11.4 Å². The molecule has 0 radical (unpaired) electrons. The van der Waals surface area contributed by atoms with Crippen LogP contribution in [-0.4, -0.2) is 5.78 Å². The Hall–Kier alpha value is -2.69. The lowest BCUT2D eigenvalue weighted by Gasteiger charge is -2.01. The van der Waals surface area contributed by atoms with Crippen molar-refractivity contribution in [2.75, 3.05) is 0 Å². The van der Waals surface area contributed by atoms with Crippen molar-refractivity contribution < 1.29 is 4.79 Å². The van der Waals surface area contributed by atoms with E-state index in [4.69, 9.17) is 0 Å². The van der Waals surface area contributed by atoms with Crippen LogP contribution < -0.4 is 0 Å². The number of benzene rings is 2. The Bertz CT molecular complexity index is 570. The van der Waals surface area contributed by atoms with Crippen molar-refractivity contribution in [1.82, 2.24) is 0 Å². The minimum absolute atomic E-state index is 0.186. The molecule has 5 nitrogen and oxygen atoms in total. The summed E-state index contributed by atoms with van der Waals surface area (Å²) in [7, 11) is 0. The zero-order valence-corrected chi connectivity index (χ0v) is 9.24. The van der Waals surface area contributed by atoms with E-state index in [0.717, 1.165) is 0 Å². The molecule has 2 aromatic carbocycles. The molecule has 0 amide bonds. The molecule has 0 aliphatic heterocycles. The van der Waals surface area contributed by atoms with Crippen molar-refractivity contribution in [2.24, 2.45) is 10.4 Å². The quantitative estimate of drug-likeness (QED) is 0.603. The van der Waals surface area contributed by atoms with Crippen LogP contribution in [0.15, 0.2) is 58.9 Å². The summed E-state index contributed by atoms with van der Waals surface area (Å²) in [6.45, 7) is 0. The molecule has 5 heteroatoms. The second-order valence-corrected chi connectivity index (χ2v) is 3.61. The van der Waals surface area contributed by atoms with E-state index in [2.05, 4.69) is 10.4 Å². The minimum atomic E-state index is -0.286. The topological polar surface area (TPSA) is 75.9 Å². The molecule has 0 unspecified atom stereocenters. The SMILES string of the molecule is O=Nc1cccc(C(=O)c2cccc(N=O)c2)c1. The molecule has 0 atom stereocenters. The highest BCUT2D eigenvalue weighted by Crippen LogP contribution is 2.19. The normalized spacial score (nSPS) is 9.78. The summed E-state index contributed by atoms with van der Waals surface area (Å²) < 4.78 is 0. The van der Waals surface area contributed by atoms with Gasteiger partial charge in [0.15, 0.2) is 5.78 Å². The summed E-state index contributed by atoms with van der Waals surface area (Å²) >= 11 is 0. The first-order valence-corrected chi connectivity index (χ1v) is 5.16. The van der Waals surface area contributed by atoms with Crippen molar-refractivity contribution in [3.8, 4) is 0 Å². The number of carbonyl (C=O) groups excluding carboxylic acids is 1. The van der Waals surface area contributed by atoms with Crippen LogP contribution in [0.25, 0.3) is 0 Å². The number of hydrogen-bond acceptors (Lipinski definition) is 5. The number of carbonyl (C=O) groups is 1. The highest BCUT2D eigenvalue weighted by Gasteiger charge is 2.10. The van der Waals surface area contributed by atoms with E-state index in [-0.39, 0.29) is 17.2 Å².